The van der Waals surface area contributed by atoms with E-state index < -0.39 is 0 Å². The minimum atomic E-state index is -0.264. The summed E-state index contributed by atoms with van der Waals surface area (Å²) in [4.78, 5) is 0. The Morgan fingerprint density at radius 1 is 1.15 bits per heavy atom. The molecule has 1 N–H and O–H groups in total. The van der Waals surface area contributed by atoms with E-state index in [9.17, 15) is 5.11 Å². The van der Waals surface area contributed by atoms with Crippen molar-refractivity contribution in [1.82, 2.24) is 4.57 Å². The highest BCUT2D eigenvalue weighted by molar-refractivity contribution is 5.38. The Kier molecular flexibility index (Phi) is 3.43. The van der Waals surface area contributed by atoms with Crippen molar-refractivity contribution in [3.05, 3.63) is 57.9 Å². The molecule has 2 aromatic rings. The highest BCUT2D eigenvalue weighted by Crippen LogP contribution is 2.30. The van der Waals surface area contributed by atoms with Crippen LogP contribution in [-0.2, 0) is 13.0 Å². The first-order valence-corrected chi connectivity index (χ1v) is 7.48. The van der Waals surface area contributed by atoms with Gasteiger partial charge < -0.3 is 9.67 Å². The van der Waals surface area contributed by atoms with Gasteiger partial charge in [-0.05, 0) is 62.3 Å². The first-order chi connectivity index (χ1) is 9.54. The fourth-order valence-corrected chi connectivity index (χ4v) is 3.46. The molecule has 1 aromatic heterocycles. The van der Waals surface area contributed by atoms with Gasteiger partial charge in [-0.15, -0.1) is 0 Å². The summed E-state index contributed by atoms with van der Waals surface area (Å²) >= 11 is 0. The lowest BCUT2D eigenvalue weighted by atomic mass is 9.93. The van der Waals surface area contributed by atoms with Gasteiger partial charge in [0, 0.05) is 24.5 Å². The summed E-state index contributed by atoms with van der Waals surface area (Å²) in [7, 11) is 0. The second-order valence-corrected chi connectivity index (χ2v) is 6.20. The Hall–Kier alpha value is -1.54. The SMILES string of the molecule is Cc1cc(C)c(Cn2cc3c(c2)C(O)CCC3)c(C)c1. The van der Waals surface area contributed by atoms with E-state index in [0.717, 1.165) is 31.4 Å². The average molecular weight is 269 g/mol. The second kappa shape index (κ2) is 5.10. The maximum Gasteiger partial charge on any atom is 0.0807 e. The molecule has 1 unspecified atom stereocenters. The molecule has 1 heterocycles. The predicted octanol–water partition coefficient (Wildman–Crippen LogP) is 3.83. The quantitative estimate of drug-likeness (QED) is 0.880. The molecule has 0 bridgehead atoms. The number of benzene rings is 1. The fourth-order valence-electron chi connectivity index (χ4n) is 3.46. The van der Waals surface area contributed by atoms with Crippen molar-refractivity contribution >= 4 is 0 Å². The lowest BCUT2D eigenvalue weighted by molar-refractivity contribution is 0.157. The number of hydrogen-bond acceptors (Lipinski definition) is 1. The van der Waals surface area contributed by atoms with E-state index in [4.69, 9.17) is 0 Å². The molecule has 1 aromatic carbocycles. The summed E-state index contributed by atoms with van der Waals surface area (Å²) in [5.41, 5.74) is 7.90. The highest BCUT2D eigenvalue weighted by Gasteiger charge is 2.20. The minimum Gasteiger partial charge on any atom is -0.388 e. The largest absolute Gasteiger partial charge is 0.388 e. The monoisotopic (exact) mass is 269 g/mol. The van der Waals surface area contributed by atoms with Crippen LogP contribution in [0.15, 0.2) is 24.5 Å². The van der Waals surface area contributed by atoms with Crippen molar-refractivity contribution in [2.45, 2.75) is 52.7 Å². The van der Waals surface area contributed by atoms with Gasteiger partial charge >= 0.3 is 0 Å². The molecule has 3 rings (SSSR count). The summed E-state index contributed by atoms with van der Waals surface area (Å²) in [5, 5.41) is 10.1. The molecule has 0 aliphatic heterocycles. The van der Waals surface area contributed by atoms with Crippen LogP contribution in [0, 0.1) is 20.8 Å². The van der Waals surface area contributed by atoms with Crippen molar-refractivity contribution in [2.24, 2.45) is 0 Å². The molecule has 0 radical (unpaired) electrons. The molecule has 2 heteroatoms. The molecule has 106 valence electrons. The lowest BCUT2D eigenvalue weighted by Gasteiger charge is -2.16. The van der Waals surface area contributed by atoms with Crippen LogP contribution < -0.4 is 0 Å². The normalized spacial score (nSPS) is 18.1. The van der Waals surface area contributed by atoms with Gasteiger partial charge in [0.25, 0.3) is 0 Å². The van der Waals surface area contributed by atoms with E-state index >= 15 is 0 Å². The molecular formula is C18H23NO. The molecule has 1 atom stereocenters. The van der Waals surface area contributed by atoms with Crippen LogP contribution in [0.2, 0.25) is 0 Å². The first-order valence-electron chi connectivity index (χ1n) is 7.48. The minimum absolute atomic E-state index is 0.264. The zero-order valence-electron chi connectivity index (χ0n) is 12.6. The zero-order chi connectivity index (χ0) is 14.3. The Morgan fingerprint density at radius 3 is 2.50 bits per heavy atom. The molecule has 0 saturated carbocycles. The number of aliphatic hydroxyl groups is 1. The molecule has 0 amide bonds. The van der Waals surface area contributed by atoms with Gasteiger partial charge in [-0.25, -0.2) is 0 Å². The topological polar surface area (TPSA) is 25.2 Å². The van der Waals surface area contributed by atoms with Gasteiger partial charge in [-0.1, -0.05) is 17.7 Å². The standard InChI is InChI=1S/C18H23NO/c1-12-7-13(2)16(14(3)8-12)10-19-9-15-5-4-6-18(20)17(15)11-19/h7-9,11,18,20H,4-6,10H2,1-3H3. The molecule has 1 aliphatic rings. The zero-order valence-corrected chi connectivity index (χ0v) is 12.6. The lowest BCUT2D eigenvalue weighted by Crippen LogP contribution is -2.05. The summed E-state index contributed by atoms with van der Waals surface area (Å²) in [6.45, 7) is 7.42. The molecule has 2 nitrogen and oxygen atoms in total. The van der Waals surface area contributed by atoms with Gasteiger partial charge in [-0.3, -0.25) is 0 Å². The summed E-state index contributed by atoms with van der Waals surface area (Å²) in [6.07, 6.45) is 7.19. The third-order valence-corrected chi connectivity index (χ3v) is 4.46. The van der Waals surface area contributed by atoms with Crippen molar-refractivity contribution in [3.8, 4) is 0 Å². The molecular weight excluding hydrogens is 246 g/mol. The Bertz CT molecular complexity index is 616. The van der Waals surface area contributed by atoms with Crippen LogP contribution in [0.4, 0.5) is 0 Å². The Balaban J connectivity index is 1.93. The third-order valence-electron chi connectivity index (χ3n) is 4.46. The fraction of sp³-hybridized carbons (Fsp3) is 0.444. The van der Waals surface area contributed by atoms with E-state index in [2.05, 4.69) is 49.9 Å². The Morgan fingerprint density at radius 2 is 1.85 bits per heavy atom. The number of nitrogens with zero attached hydrogens (tertiary/aromatic N) is 1. The van der Waals surface area contributed by atoms with Crippen LogP contribution in [-0.4, -0.2) is 9.67 Å². The van der Waals surface area contributed by atoms with Crippen LogP contribution in [0.5, 0.6) is 0 Å². The second-order valence-electron chi connectivity index (χ2n) is 6.20. The van der Waals surface area contributed by atoms with Crippen molar-refractivity contribution in [3.63, 3.8) is 0 Å². The first kappa shape index (κ1) is 13.4. The number of aromatic nitrogens is 1. The summed E-state index contributed by atoms with van der Waals surface area (Å²) < 4.78 is 2.24. The Labute approximate surface area is 121 Å². The third kappa shape index (κ3) is 2.40. The van der Waals surface area contributed by atoms with Gasteiger partial charge in [0.1, 0.15) is 0 Å². The van der Waals surface area contributed by atoms with Gasteiger partial charge in [0.15, 0.2) is 0 Å². The summed E-state index contributed by atoms with van der Waals surface area (Å²) in [6, 6.07) is 4.50. The number of fused-ring (bicyclic) bond motifs is 1. The van der Waals surface area contributed by atoms with Gasteiger partial charge in [0.05, 0.1) is 6.10 Å². The van der Waals surface area contributed by atoms with E-state index in [1.807, 2.05) is 0 Å². The maximum atomic E-state index is 10.1. The van der Waals surface area contributed by atoms with Crippen molar-refractivity contribution in [1.29, 1.82) is 0 Å². The van der Waals surface area contributed by atoms with Crippen LogP contribution in [0.25, 0.3) is 0 Å². The van der Waals surface area contributed by atoms with Gasteiger partial charge in [-0.2, -0.15) is 0 Å². The van der Waals surface area contributed by atoms with E-state index in [-0.39, 0.29) is 6.10 Å². The predicted molar refractivity (Wildman–Crippen MR) is 82.1 cm³/mol. The maximum absolute atomic E-state index is 10.1. The molecule has 0 fully saturated rings. The van der Waals surface area contributed by atoms with Crippen LogP contribution in [0.1, 0.15) is 52.3 Å². The molecule has 1 aliphatic carbocycles. The van der Waals surface area contributed by atoms with Crippen LogP contribution >= 0.6 is 0 Å². The van der Waals surface area contributed by atoms with E-state index in [1.165, 1.54) is 27.8 Å². The average Bonchev–Trinajstić information content (AvgIpc) is 2.78. The molecule has 0 saturated heterocycles. The van der Waals surface area contributed by atoms with Crippen LogP contribution in [0.3, 0.4) is 0 Å². The number of rotatable bonds is 2. The van der Waals surface area contributed by atoms with E-state index in [0.29, 0.717) is 0 Å². The smallest absolute Gasteiger partial charge is 0.0807 e. The molecule has 20 heavy (non-hydrogen) atoms. The molecule has 0 spiro atoms. The number of aliphatic hydroxyl groups excluding tert-OH is 1. The van der Waals surface area contributed by atoms with Gasteiger partial charge in [0.2, 0.25) is 0 Å². The van der Waals surface area contributed by atoms with Crippen molar-refractivity contribution in [2.75, 3.05) is 0 Å². The number of hydrogen-bond donors (Lipinski definition) is 1. The highest BCUT2D eigenvalue weighted by atomic mass is 16.3. The summed E-state index contributed by atoms with van der Waals surface area (Å²) in [5.74, 6) is 0. The van der Waals surface area contributed by atoms with E-state index in [1.54, 1.807) is 0 Å². The van der Waals surface area contributed by atoms with Crippen molar-refractivity contribution < 1.29 is 5.11 Å². The number of aryl methyl sites for hydroxylation is 4.